The van der Waals surface area contributed by atoms with Crippen LogP contribution in [0.25, 0.3) is 116 Å². The van der Waals surface area contributed by atoms with E-state index in [-0.39, 0.29) is 26.9 Å². The van der Waals surface area contributed by atoms with Gasteiger partial charge in [-0.2, -0.15) is 0 Å². The standard InChI is InChI=1S/C101H60B4N4O5/c1-2-24-63(25-3-1)103-79-38-12-21-47-90(79)113-100-95(103)94-98(92-74-56-57-106-101(96(74)114-99(92)100)109-84-42-16-6-32-71(84)72-33-7-17-43-85(72)109)112-89-46-20-11-37-78(89)104(94)64-51-48-61(49-52-64)62-50-54-86-75(58-62)73-34-8-15-41-83(73)108(86)67-28-22-26-65(59-67)102-76-35-9-19-45-88(76)111-97-80(102)53-55-91-93(97)105(77-36-10-18-44-87(77)110-91)66-27-23-29-68(60-66)107-81-39-13-4-30-69(81)70-31-5-14-40-82(70)107/h1-60H. The molecule has 13 heteroatoms. The van der Waals surface area contributed by atoms with Crippen LogP contribution in [-0.4, -0.2) is 45.5 Å². The van der Waals surface area contributed by atoms with Crippen LogP contribution in [0.2, 0.25) is 0 Å². The molecule has 21 aromatic rings. The fraction of sp³-hybridized carbons (Fsp3) is 0. The van der Waals surface area contributed by atoms with Gasteiger partial charge >= 0.3 is 0 Å². The molecule has 0 bridgehead atoms. The molecule has 0 spiro atoms. The molecule has 0 saturated heterocycles. The molecule has 0 aliphatic carbocycles. The molecule has 114 heavy (non-hydrogen) atoms. The number of benzene rings is 16. The average Bonchev–Trinajstić information content (AvgIpc) is 1.32. The average molecular weight is 1450 g/mol. The predicted octanol–water partition coefficient (Wildman–Crippen LogP) is 16.4. The van der Waals surface area contributed by atoms with Crippen molar-refractivity contribution in [2.75, 3.05) is 0 Å². The largest absolute Gasteiger partial charge is 0.459 e. The number of pyridine rings is 1. The van der Waals surface area contributed by atoms with E-state index in [9.17, 15) is 0 Å². The zero-order chi connectivity index (χ0) is 74.4. The lowest BCUT2D eigenvalue weighted by Crippen LogP contribution is -2.67. The SMILES string of the molecule is c1ccc(B2c3ccccc3Oc3c2c2c(c4c3oc3c(-n5c6ccccc6c6ccccc65)nccc34)Oc3ccccc3B2c2ccc(-c3ccc4c(c3)c3ccccc3n4-c3cccc(B4c5ccccc5Oc5c4ccc4c5B(c5cccc(-n6c7ccccc7c7ccccc76)c5)c5ccccc5O4)c3)cc2)cc1. The molecular formula is C101H60B4N4O5. The molecule has 9 heterocycles. The first-order valence-electron chi connectivity index (χ1n) is 39.1. The second kappa shape index (κ2) is 24.4. The van der Waals surface area contributed by atoms with Gasteiger partial charge in [0.05, 0.1) is 38.5 Å². The van der Waals surface area contributed by atoms with E-state index in [0.717, 1.165) is 172 Å². The molecule has 0 radical (unpaired) electrons. The van der Waals surface area contributed by atoms with Gasteiger partial charge in [0.25, 0.3) is 20.1 Å². The number of fused-ring (bicyclic) bond motifs is 24. The normalized spacial score (nSPS) is 13.1. The highest BCUT2D eigenvalue weighted by atomic mass is 16.5. The fourth-order valence-corrected chi connectivity index (χ4v) is 19.8. The Morgan fingerprint density at radius 2 is 0.658 bits per heavy atom. The van der Waals surface area contributed by atoms with Crippen LogP contribution in [0.4, 0.5) is 0 Å². The summed E-state index contributed by atoms with van der Waals surface area (Å²) >= 11 is 0. The van der Waals surface area contributed by atoms with E-state index < -0.39 is 0 Å². The number of ether oxygens (including phenoxy) is 4. The van der Waals surface area contributed by atoms with Crippen LogP contribution in [0.5, 0.6) is 46.0 Å². The predicted molar refractivity (Wildman–Crippen MR) is 470 cm³/mol. The number of para-hydroxylation sites is 9. The molecule has 526 valence electrons. The third-order valence-electron chi connectivity index (χ3n) is 24.6. The Morgan fingerprint density at radius 3 is 1.23 bits per heavy atom. The van der Waals surface area contributed by atoms with E-state index in [1.165, 1.54) is 32.6 Å². The van der Waals surface area contributed by atoms with Crippen LogP contribution in [-0.2, 0) is 0 Å². The van der Waals surface area contributed by atoms with Crippen molar-refractivity contribution in [2.45, 2.75) is 0 Å². The second-order valence-corrected chi connectivity index (χ2v) is 30.5. The summed E-state index contributed by atoms with van der Waals surface area (Å²) in [5.74, 6) is 6.97. The molecule has 4 aliphatic heterocycles. The molecule has 0 saturated carbocycles. The summed E-state index contributed by atoms with van der Waals surface area (Å²) in [6, 6.07) is 129. The van der Waals surface area contributed by atoms with Crippen molar-refractivity contribution >= 4 is 180 Å². The number of nitrogens with zero attached hydrogens (tertiary/aromatic N) is 4. The third-order valence-corrected chi connectivity index (χ3v) is 24.6. The molecule has 0 fully saturated rings. The van der Waals surface area contributed by atoms with E-state index >= 15 is 0 Å². The maximum absolute atomic E-state index is 7.51. The van der Waals surface area contributed by atoms with Crippen LogP contribution in [0, 0.1) is 0 Å². The summed E-state index contributed by atoms with van der Waals surface area (Å²) in [6.45, 7) is -0.947. The van der Waals surface area contributed by atoms with Gasteiger partial charge in [-0.3, -0.25) is 4.57 Å². The van der Waals surface area contributed by atoms with Gasteiger partial charge in [0.15, 0.2) is 22.7 Å². The van der Waals surface area contributed by atoms with Crippen LogP contribution >= 0.6 is 0 Å². The van der Waals surface area contributed by atoms with Gasteiger partial charge in [-0.15, -0.1) is 0 Å². The Kier molecular flexibility index (Phi) is 13.5. The molecule has 0 amide bonds. The highest BCUT2D eigenvalue weighted by molar-refractivity contribution is 7.06. The van der Waals surface area contributed by atoms with E-state index in [1.54, 1.807) is 0 Å². The molecule has 9 nitrogen and oxygen atoms in total. The van der Waals surface area contributed by atoms with Crippen molar-refractivity contribution < 1.29 is 23.4 Å². The Bertz CT molecular complexity index is 7590. The van der Waals surface area contributed by atoms with Gasteiger partial charge < -0.3 is 32.5 Å². The first-order chi connectivity index (χ1) is 56.6. The molecule has 5 aromatic heterocycles. The number of aromatic nitrogens is 4. The lowest BCUT2D eigenvalue weighted by atomic mass is 9.27. The Balaban J connectivity index is 0.615. The van der Waals surface area contributed by atoms with Crippen molar-refractivity contribution in [2.24, 2.45) is 0 Å². The maximum Gasteiger partial charge on any atom is 0.255 e. The second-order valence-electron chi connectivity index (χ2n) is 30.5. The summed E-state index contributed by atoms with van der Waals surface area (Å²) in [5, 5.41) is 8.79. The van der Waals surface area contributed by atoms with Crippen molar-refractivity contribution in [3.63, 3.8) is 0 Å². The first kappa shape index (κ1) is 63.1. The van der Waals surface area contributed by atoms with Gasteiger partial charge in [0.1, 0.15) is 40.2 Å². The molecule has 25 rings (SSSR count). The maximum atomic E-state index is 7.51. The molecule has 0 N–H and O–H groups in total. The van der Waals surface area contributed by atoms with Gasteiger partial charge in [0.2, 0.25) is 6.71 Å². The van der Waals surface area contributed by atoms with Gasteiger partial charge in [0, 0.05) is 60.7 Å². The summed E-state index contributed by atoms with van der Waals surface area (Å²) in [7, 11) is 0. The van der Waals surface area contributed by atoms with Gasteiger partial charge in [-0.05, 0) is 152 Å². The molecule has 0 atom stereocenters. The Morgan fingerprint density at radius 1 is 0.237 bits per heavy atom. The summed E-state index contributed by atoms with van der Waals surface area (Å²) < 4.78 is 43.8. The van der Waals surface area contributed by atoms with Crippen molar-refractivity contribution in [1.82, 2.24) is 18.7 Å². The molecule has 16 aromatic carbocycles. The molecular weight excluding hydrogens is 1390 g/mol. The highest BCUT2D eigenvalue weighted by Crippen LogP contribution is 2.47. The number of rotatable bonds is 8. The van der Waals surface area contributed by atoms with Gasteiger partial charge in [-0.25, -0.2) is 4.98 Å². The van der Waals surface area contributed by atoms with E-state index in [4.69, 9.17) is 28.3 Å². The van der Waals surface area contributed by atoms with Crippen LogP contribution < -0.4 is 84.5 Å². The zero-order valence-corrected chi connectivity index (χ0v) is 61.3. The summed E-state index contributed by atoms with van der Waals surface area (Å²) in [4.78, 5) is 5.20. The number of furan rings is 1. The Hall–Kier alpha value is -14.7. The quantitative estimate of drug-likeness (QED) is 0.141. The Labute approximate surface area is 656 Å². The van der Waals surface area contributed by atoms with Crippen LogP contribution in [0.15, 0.2) is 369 Å². The summed E-state index contributed by atoms with van der Waals surface area (Å²) in [6.07, 6.45) is 1.90. The fourth-order valence-electron chi connectivity index (χ4n) is 19.8. The first-order valence-corrected chi connectivity index (χ1v) is 39.1. The smallest absolute Gasteiger partial charge is 0.255 e. The van der Waals surface area contributed by atoms with Crippen molar-refractivity contribution in [3.05, 3.63) is 364 Å². The van der Waals surface area contributed by atoms with E-state index in [0.29, 0.717) is 22.7 Å². The lowest BCUT2D eigenvalue weighted by Gasteiger charge is -2.35. The number of hydrogen-bond acceptors (Lipinski definition) is 6. The van der Waals surface area contributed by atoms with Crippen molar-refractivity contribution in [1.29, 1.82) is 0 Å². The van der Waals surface area contributed by atoms with Crippen LogP contribution in [0.1, 0.15) is 0 Å². The number of hydrogen-bond donors (Lipinski definition) is 0. The highest BCUT2D eigenvalue weighted by Gasteiger charge is 2.47. The minimum Gasteiger partial charge on any atom is -0.459 e. The third kappa shape index (κ3) is 9.14. The molecule has 0 unspecified atom stereocenters. The van der Waals surface area contributed by atoms with E-state index in [2.05, 4.69) is 372 Å². The topological polar surface area (TPSA) is 77.7 Å². The van der Waals surface area contributed by atoms with Crippen LogP contribution in [0.3, 0.4) is 0 Å². The lowest BCUT2D eigenvalue weighted by molar-refractivity contribution is 0.469. The minimum absolute atomic E-state index is 0.182. The monoisotopic (exact) mass is 1450 g/mol. The minimum atomic E-state index is -0.296. The zero-order valence-electron chi connectivity index (χ0n) is 61.3. The van der Waals surface area contributed by atoms with Crippen molar-refractivity contribution in [3.8, 4) is 74.3 Å². The summed E-state index contributed by atoms with van der Waals surface area (Å²) in [5.41, 5.74) is 25.3. The van der Waals surface area contributed by atoms with E-state index in [1.807, 2.05) is 6.20 Å². The van der Waals surface area contributed by atoms with Gasteiger partial charge in [-0.1, -0.05) is 277 Å². The molecule has 4 aliphatic rings.